The smallest absolute Gasteiger partial charge is 0.314 e. The second-order valence-corrected chi connectivity index (χ2v) is 5.13. The van der Waals surface area contributed by atoms with E-state index in [1.165, 1.54) is 37.0 Å². The number of nitrogens with one attached hydrogen (secondary N) is 1. The van der Waals surface area contributed by atoms with E-state index >= 15 is 0 Å². The van der Waals surface area contributed by atoms with E-state index in [-0.39, 0.29) is 0 Å². The fraction of sp³-hybridized carbons (Fsp3) is 1.00. The third-order valence-corrected chi connectivity index (χ3v) is 3.54. The molecule has 0 bridgehead atoms. The monoisotopic (exact) mass is 266 g/mol. The zero-order chi connectivity index (χ0) is 13.4. The lowest BCUT2D eigenvalue weighted by Gasteiger charge is -2.25. The third-order valence-electron chi connectivity index (χ3n) is 3.54. The average molecular weight is 266 g/mol. The van der Waals surface area contributed by atoms with Gasteiger partial charge in [0.05, 0.1) is 6.54 Å². The molecule has 0 atom stereocenters. The van der Waals surface area contributed by atoms with Crippen molar-refractivity contribution >= 4 is 0 Å². The highest BCUT2D eigenvalue weighted by Crippen LogP contribution is 2.18. The van der Waals surface area contributed by atoms with Gasteiger partial charge in [0.2, 0.25) is 0 Å². The molecule has 0 heterocycles. The molecule has 1 aliphatic rings. The minimum atomic E-state index is -4.08. The zero-order valence-corrected chi connectivity index (χ0v) is 11.2. The molecule has 0 unspecified atom stereocenters. The number of alkyl halides is 3. The summed E-state index contributed by atoms with van der Waals surface area (Å²) >= 11 is 0. The van der Waals surface area contributed by atoms with Gasteiger partial charge in [0.1, 0.15) is 0 Å². The highest BCUT2D eigenvalue weighted by Gasteiger charge is 2.29. The maximum absolute atomic E-state index is 12.2. The normalized spacial score (nSPS) is 18.5. The molecule has 0 radical (unpaired) electrons. The Hall–Kier alpha value is -0.290. The van der Waals surface area contributed by atoms with Gasteiger partial charge in [-0.25, -0.2) is 0 Å². The van der Waals surface area contributed by atoms with Crippen molar-refractivity contribution in [2.45, 2.75) is 57.7 Å². The Labute approximate surface area is 108 Å². The standard InChI is InChI=1S/C13H25F3N2/c1-2-18(11-13(14,15)16)10-6-9-17-12-7-4-3-5-8-12/h12,17H,2-11H2,1H3. The van der Waals surface area contributed by atoms with Crippen LogP contribution in [0.4, 0.5) is 13.2 Å². The molecule has 1 aliphatic carbocycles. The van der Waals surface area contributed by atoms with Crippen molar-refractivity contribution in [1.82, 2.24) is 10.2 Å². The molecular formula is C13H25F3N2. The first-order chi connectivity index (χ1) is 8.51. The minimum Gasteiger partial charge on any atom is -0.314 e. The summed E-state index contributed by atoms with van der Waals surface area (Å²) in [6, 6.07) is 0.594. The topological polar surface area (TPSA) is 15.3 Å². The largest absolute Gasteiger partial charge is 0.401 e. The zero-order valence-electron chi connectivity index (χ0n) is 11.2. The van der Waals surface area contributed by atoms with Gasteiger partial charge in [-0.2, -0.15) is 13.2 Å². The Morgan fingerprint density at radius 1 is 1.17 bits per heavy atom. The molecule has 0 aromatic heterocycles. The van der Waals surface area contributed by atoms with Crippen LogP contribution in [0.5, 0.6) is 0 Å². The Kier molecular flexibility index (Phi) is 7.00. The molecule has 1 saturated carbocycles. The van der Waals surface area contributed by atoms with Crippen molar-refractivity contribution < 1.29 is 13.2 Å². The molecule has 0 aromatic rings. The maximum Gasteiger partial charge on any atom is 0.401 e. The summed E-state index contributed by atoms with van der Waals surface area (Å²) < 4.78 is 36.7. The van der Waals surface area contributed by atoms with Crippen LogP contribution in [0, 0.1) is 0 Å². The van der Waals surface area contributed by atoms with Crippen molar-refractivity contribution in [2.24, 2.45) is 0 Å². The Morgan fingerprint density at radius 3 is 2.39 bits per heavy atom. The molecular weight excluding hydrogens is 241 g/mol. The fourth-order valence-corrected chi connectivity index (χ4v) is 2.52. The Bertz CT molecular complexity index is 213. The second-order valence-electron chi connectivity index (χ2n) is 5.13. The summed E-state index contributed by atoms with van der Waals surface area (Å²) in [6.07, 6.45) is 3.06. The van der Waals surface area contributed by atoms with Crippen molar-refractivity contribution in [3.63, 3.8) is 0 Å². The van der Waals surface area contributed by atoms with E-state index in [1.807, 2.05) is 0 Å². The predicted octanol–water partition coefficient (Wildman–Crippen LogP) is 3.18. The highest BCUT2D eigenvalue weighted by molar-refractivity contribution is 4.72. The lowest BCUT2D eigenvalue weighted by Crippen LogP contribution is -2.37. The SMILES string of the molecule is CCN(CCCNC1CCCCC1)CC(F)(F)F. The van der Waals surface area contributed by atoms with E-state index in [0.717, 1.165) is 13.0 Å². The Morgan fingerprint density at radius 2 is 1.83 bits per heavy atom. The molecule has 0 aromatic carbocycles. The summed E-state index contributed by atoms with van der Waals surface area (Å²) in [4.78, 5) is 1.46. The van der Waals surface area contributed by atoms with Gasteiger partial charge in [-0.3, -0.25) is 4.90 Å². The average Bonchev–Trinajstić information content (AvgIpc) is 2.33. The molecule has 0 aliphatic heterocycles. The van der Waals surface area contributed by atoms with Crippen molar-refractivity contribution in [3.05, 3.63) is 0 Å². The molecule has 0 spiro atoms. The van der Waals surface area contributed by atoms with Crippen LogP contribution in [-0.2, 0) is 0 Å². The highest BCUT2D eigenvalue weighted by atomic mass is 19.4. The van der Waals surface area contributed by atoms with Crippen LogP contribution in [0.25, 0.3) is 0 Å². The van der Waals surface area contributed by atoms with Crippen LogP contribution < -0.4 is 5.32 Å². The first-order valence-corrected chi connectivity index (χ1v) is 7.04. The number of rotatable bonds is 7. The van der Waals surface area contributed by atoms with Gasteiger partial charge in [0.25, 0.3) is 0 Å². The lowest BCUT2D eigenvalue weighted by atomic mass is 9.95. The van der Waals surface area contributed by atoms with Gasteiger partial charge in [-0.05, 0) is 38.9 Å². The quantitative estimate of drug-likeness (QED) is 0.712. The second kappa shape index (κ2) is 8.00. The fourth-order valence-electron chi connectivity index (χ4n) is 2.52. The van der Waals surface area contributed by atoms with Crippen molar-refractivity contribution in [2.75, 3.05) is 26.2 Å². The van der Waals surface area contributed by atoms with Crippen LogP contribution in [0.2, 0.25) is 0 Å². The molecule has 5 heteroatoms. The summed E-state index contributed by atoms with van der Waals surface area (Å²) in [5.74, 6) is 0. The van der Waals surface area contributed by atoms with Gasteiger partial charge in [0, 0.05) is 6.04 Å². The Balaban J connectivity index is 2.07. The van der Waals surface area contributed by atoms with Crippen molar-refractivity contribution in [3.8, 4) is 0 Å². The van der Waals surface area contributed by atoms with E-state index in [4.69, 9.17) is 0 Å². The summed E-state index contributed by atoms with van der Waals surface area (Å²) in [7, 11) is 0. The van der Waals surface area contributed by atoms with Crippen LogP contribution in [0.1, 0.15) is 45.4 Å². The van der Waals surface area contributed by atoms with E-state index in [9.17, 15) is 13.2 Å². The van der Waals surface area contributed by atoms with Gasteiger partial charge in [0.15, 0.2) is 0 Å². The number of hydrogen-bond acceptors (Lipinski definition) is 2. The number of nitrogens with zero attached hydrogens (tertiary/aromatic N) is 1. The van der Waals surface area contributed by atoms with Gasteiger partial charge >= 0.3 is 6.18 Å². The van der Waals surface area contributed by atoms with E-state index in [1.54, 1.807) is 6.92 Å². The number of halogens is 3. The third kappa shape index (κ3) is 7.21. The molecule has 2 nitrogen and oxygen atoms in total. The molecule has 0 saturated heterocycles. The van der Waals surface area contributed by atoms with Crippen LogP contribution in [0.3, 0.4) is 0 Å². The molecule has 1 N–H and O–H groups in total. The van der Waals surface area contributed by atoms with E-state index in [0.29, 0.717) is 19.1 Å². The predicted molar refractivity (Wildman–Crippen MR) is 67.7 cm³/mol. The van der Waals surface area contributed by atoms with Crippen molar-refractivity contribution in [1.29, 1.82) is 0 Å². The minimum absolute atomic E-state index is 0.461. The molecule has 1 fully saturated rings. The first-order valence-electron chi connectivity index (χ1n) is 7.04. The van der Waals surface area contributed by atoms with Crippen LogP contribution >= 0.6 is 0 Å². The molecule has 108 valence electrons. The maximum atomic E-state index is 12.2. The molecule has 0 amide bonds. The van der Waals surface area contributed by atoms with Crippen LogP contribution in [0.15, 0.2) is 0 Å². The number of hydrogen-bond donors (Lipinski definition) is 1. The first kappa shape index (κ1) is 15.8. The lowest BCUT2D eigenvalue weighted by molar-refractivity contribution is -0.145. The summed E-state index contributed by atoms with van der Waals surface area (Å²) in [5.41, 5.74) is 0. The van der Waals surface area contributed by atoms with E-state index < -0.39 is 12.7 Å². The van der Waals surface area contributed by atoms with E-state index in [2.05, 4.69) is 5.32 Å². The van der Waals surface area contributed by atoms with Crippen LogP contribution in [-0.4, -0.2) is 43.3 Å². The summed E-state index contributed by atoms with van der Waals surface area (Å²) in [6.45, 7) is 2.81. The van der Waals surface area contributed by atoms with Gasteiger partial charge in [-0.15, -0.1) is 0 Å². The molecule has 1 rings (SSSR count). The molecule has 18 heavy (non-hydrogen) atoms. The van der Waals surface area contributed by atoms with Gasteiger partial charge < -0.3 is 5.32 Å². The van der Waals surface area contributed by atoms with Gasteiger partial charge in [-0.1, -0.05) is 26.2 Å². The summed E-state index contributed by atoms with van der Waals surface area (Å²) in [5, 5.41) is 3.46.